The Labute approximate surface area is 477 Å². The van der Waals surface area contributed by atoms with Crippen molar-refractivity contribution in [3.05, 3.63) is 269 Å². The van der Waals surface area contributed by atoms with Crippen molar-refractivity contribution < 1.29 is 8.83 Å². The maximum Gasteiger partial charge on any atom is 0.160 e. The Hall–Kier alpha value is -9.58. The molecule has 5 nitrogen and oxygen atoms in total. The number of hydrogen-bond donors (Lipinski definition) is 0. The van der Waals surface area contributed by atoms with Gasteiger partial charge in [0.2, 0.25) is 0 Å². The molecule has 1 aliphatic heterocycles. The quantitative estimate of drug-likeness (QED) is 0.166. The number of para-hydroxylation sites is 5. The number of hydrogen-bond acceptors (Lipinski definition) is 4. The van der Waals surface area contributed by atoms with Gasteiger partial charge in [0.15, 0.2) is 5.58 Å². The summed E-state index contributed by atoms with van der Waals surface area (Å²) in [6.07, 6.45) is 0. The molecule has 3 aromatic heterocycles. The highest BCUT2D eigenvalue weighted by molar-refractivity contribution is 6.26. The average molecular weight is 1060 g/mol. The van der Waals surface area contributed by atoms with E-state index >= 15 is 0 Å². The van der Waals surface area contributed by atoms with Gasteiger partial charge in [0.25, 0.3) is 0 Å². The molecule has 1 spiro atoms. The molecule has 1 aliphatic carbocycles. The van der Waals surface area contributed by atoms with Gasteiger partial charge < -0.3 is 23.2 Å². The van der Waals surface area contributed by atoms with E-state index in [4.69, 9.17) is 8.83 Å². The van der Waals surface area contributed by atoms with Crippen molar-refractivity contribution in [2.45, 2.75) is 71.6 Å². The monoisotopic (exact) mass is 1060 g/mol. The topological polar surface area (TPSA) is 37.7 Å². The minimum atomic E-state index is -0.920. The predicted molar refractivity (Wildman–Crippen MR) is 342 cm³/mol. The molecule has 0 saturated heterocycles. The standard InChI is InChI=1S/C77H61N3O2/c1-46-20-17-22-52(42-46)78(50-38-34-48(35-39-50)75(3,4)5)64-44-61-71(74-68(64)56-25-10-15-32-66(56)82-74)70-60(77(61)58-28-12-14-31-63(58)80-62-30-13-9-24-54(62)55-27-19-29-59(77)72(55)80)45-65(73-69(70)57-26-11-16-33-67(57)81-73)79(53-23-18-21-47(2)43-53)51-40-36-49(37-41-51)76(6,7)8/h9-45H,1-8H3. The molecule has 396 valence electrons. The van der Waals surface area contributed by atoms with Gasteiger partial charge >= 0.3 is 0 Å². The second kappa shape index (κ2) is 17.2. The minimum absolute atomic E-state index is 0.0312. The first-order chi connectivity index (χ1) is 39.8. The van der Waals surface area contributed by atoms with Crippen molar-refractivity contribution in [3.8, 4) is 16.8 Å². The van der Waals surface area contributed by atoms with E-state index < -0.39 is 5.41 Å². The zero-order chi connectivity index (χ0) is 55.6. The molecule has 11 aromatic carbocycles. The summed E-state index contributed by atoms with van der Waals surface area (Å²) in [5, 5.41) is 6.67. The number of aromatic nitrogens is 1. The lowest BCUT2D eigenvalue weighted by Crippen LogP contribution is -2.34. The van der Waals surface area contributed by atoms with Crippen LogP contribution in [0.4, 0.5) is 34.1 Å². The summed E-state index contributed by atoms with van der Waals surface area (Å²) in [7, 11) is 0. The first kappa shape index (κ1) is 48.3. The Morgan fingerprint density at radius 1 is 0.378 bits per heavy atom. The number of furan rings is 2. The van der Waals surface area contributed by atoms with Crippen LogP contribution in [0.3, 0.4) is 0 Å². The summed E-state index contributed by atoms with van der Waals surface area (Å²) in [6, 6.07) is 83.8. The van der Waals surface area contributed by atoms with E-state index in [9.17, 15) is 0 Å². The van der Waals surface area contributed by atoms with Crippen LogP contribution >= 0.6 is 0 Å². The maximum atomic E-state index is 7.65. The highest BCUT2D eigenvalue weighted by Gasteiger charge is 2.54. The van der Waals surface area contributed by atoms with Crippen molar-refractivity contribution in [1.82, 2.24) is 4.57 Å². The molecule has 14 aromatic rings. The van der Waals surface area contributed by atoms with Gasteiger partial charge in [-0.2, -0.15) is 0 Å². The van der Waals surface area contributed by atoms with E-state index in [-0.39, 0.29) is 10.8 Å². The molecule has 2 aliphatic rings. The van der Waals surface area contributed by atoms with Gasteiger partial charge in [-0.3, -0.25) is 0 Å². The Bertz CT molecular complexity index is 4980. The predicted octanol–water partition coefficient (Wildman–Crippen LogP) is 21.4. The smallest absolute Gasteiger partial charge is 0.160 e. The summed E-state index contributed by atoms with van der Waals surface area (Å²) in [5.74, 6) is 0. The normalized spacial score (nSPS) is 14.6. The molecule has 1 atom stereocenters. The van der Waals surface area contributed by atoms with E-state index in [1.165, 1.54) is 60.8 Å². The van der Waals surface area contributed by atoms with Crippen molar-refractivity contribution in [3.63, 3.8) is 0 Å². The summed E-state index contributed by atoms with van der Waals surface area (Å²) in [5.41, 5.74) is 24.0. The maximum absolute atomic E-state index is 7.65. The lowest BCUT2D eigenvalue weighted by Gasteiger charge is -2.40. The van der Waals surface area contributed by atoms with Gasteiger partial charge in [-0.05, 0) is 154 Å². The number of aryl methyl sites for hydroxylation is 2. The molecular weight excluding hydrogens is 999 g/mol. The molecule has 0 fully saturated rings. The Morgan fingerprint density at radius 3 is 1.49 bits per heavy atom. The van der Waals surface area contributed by atoms with Crippen LogP contribution in [0.5, 0.6) is 0 Å². The second-order valence-corrected chi connectivity index (χ2v) is 25.0. The van der Waals surface area contributed by atoms with Crippen LogP contribution in [0.1, 0.15) is 86.1 Å². The number of benzene rings is 11. The lowest BCUT2D eigenvalue weighted by molar-refractivity contribution is 0.590. The first-order valence-electron chi connectivity index (χ1n) is 28.8. The van der Waals surface area contributed by atoms with E-state index in [2.05, 4.69) is 294 Å². The Kier molecular flexibility index (Phi) is 10.1. The first-order valence-corrected chi connectivity index (χ1v) is 28.8. The Balaban J connectivity index is 1.14. The summed E-state index contributed by atoms with van der Waals surface area (Å²) < 4.78 is 17.7. The van der Waals surface area contributed by atoms with Crippen LogP contribution in [0.15, 0.2) is 233 Å². The molecule has 0 N–H and O–H groups in total. The van der Waals surface area contributed by atoms with Crippen LogP contribution in [0, 0.1) is 13.8 Å². The molecule has 0 radical (unpaired) electrons. The van der Waals surface area contributed by atoms with E-state index in [0.717, 1.165) is 100 Å². The fraction of sp³-hybridized carbons (Fsp3) is 0.143. The van der Waals surface area contributed by atoms with Gasteiger partial charge in [-0.25, -0.2) is 0 Å². The van der Waals surface area contributed by atoms with Crippen molar-refractivity contribution in [2.24, 2.45) is 0 Å². The summed E-state index contributed by atoms with van der Waals surface area (Å²) in [4.78, 5) is 4.93. The number of fused-ring (bicyclic) bond motifs is 20. The Morgan fingerprint density at radius 2 is 0.866 bits per heavy atom. The zero-order valence-electron chi connectivity index (χ0n) is 47.5. The largest absolute Gasteiger partial charge is 0.455 e. The van der Waals surface area contributed by atoms with Crippen molar-refractivity contribution >= 4 is 99.8 Å². The molecule has 82 heavy (non-hydrogen) atoms. The van der Waals surface area contributed by atoms with Gasteiger partial charge in [0.05, 0.1) is 38.9 Å². The molecule has 0 saturated carbocycles. The molecule has 1 unspecified atom stereocenters. The highest BCUT2D eigenvalue weighted by atomic mass is 16.3. The summed E-state index contributed by atoms with van der Waals surface area (Å²) in [6.45, 7) is 18.1. The number of rotatable bonds is 6. The van der Waals surface area contributed by atoms with Crippen molar-refractivity contribution in [2.75, 3.05) is 9.80 Å². The van der Waals surface area contributed by atoms with Crippen molar-refractivity contribution in [1.29, 1.82) is 0 Å². The van der Waals surface area contributed by atoms with E-state index in [0.29, 0.717) is 0 Å². The number of nitrogens with zero attached hydrogens (tertiary/aromatic N) is 3. The fourth-order valence-electron chi connectivity index (χ4n) is 14.2. The summed E-state index contributed by atoms with van der Waals surface area (Å²) >= 11 is 0. The molecule has 0 bridgehead atoms. The fourth-order valence-corrected chi connectivity index (χ4v) is 14.2. The molecular formula is C77H61N3O2. The molecule has 0 amide bonds. The van der Waals surface area contributed by atoms with Crippen LogP contribution in [-0.4, -0.2) is 4.57 Å². The number of anilines is 6. The van der Waals surface area contributed by atoms with Crippen LogP contribution in [-0.2, 0) is 16.2 Å². The SMILES string of the molecule is Cc1cccc(N(c2ccc(C(C)(C)C)cc2)c2cc3c(c4c2oc2ccccc24)-c2c(cc(N(c4ccc(C(C)(C)C)cc4)c4cccc(C)c4)c4c2oc2ccccc24)C32c3ccccc3-n3c4ccccc4c4cccc2c43)c1. The van der Waals surface area contributed by atoms with Gasteiger partial charge in [0.1, 0.15) is 16.7 Å². The second-order valence-electron chi connectivity index (χ2n) is 25.0. The highest BCUT2D eigenvalue weighted by Crippen LogP contribution is 2.67. The molecule has 5 heteroatoms. The third kappa shape index (κ3) is 6.74. The molecule has 4 heterocycles. The lowest BCUT2D eigenvalue weighted by atomic mass is 9.65. The van der Waals surface area contributed by atoms with Gasteiger partial charge in [-0.1, -0.05) is 181 Å². The van der Waals surface area contributed by atoms with Crippen LogP contribution in [0.2, 0.25) is 0 Å². The van der Waals surface area contributed by atoms with E-state index in [1.54, 1.807) is 0 Å². The van der Waals surface area contributed by atoms with Crippen LogP contribution in [0.25, 0.3) is 82.5 Å². The van der Waals surface area contributed by atoms with Gasteiger partial charge in [0, 0.05) is 60.8 Å². The van der Waals surface area contributed by atoms with Gasteiger partial charge in [-0.15, -0.1) is 0 Å². The third-order valence-electron chi connectivity index (χ3n) is 17.9. The van der Waals surface area contributed by atoms with Crippen LogP contribution < -0.4 is 9.80 Å². The minimum Gasteiger partial charge on any atom is -0.455 e. The average Bonchev–Trinajstić information content (AvgIpc) is 1.96. The molecule has 16 rings (SSSR count). The van der Waals surface area contributed by atoms with E-state index in [1.807, 2.05) is 0 Å². The zero-order valence-corrected chi connectivity index (χ0v) is 47.5. The third-order valence-corrected chi connectivity index (χ3v) is 17.9.